The lowest BCUT2D eigenvalue weighted by Crippen LogP contribution is -2.17. The third-order valence-electron chi connectivity index (χ3n) is 4.98. The van der Waals surface area contributed by atoms with Crippen LogP contribution in [0.5, 0.6) is 5.75 Å². The minimum Gasteiger partial charge on any atom is -0.492 e. The molecule has 4 rings (SSSR count). The maximum atomic E-state index is 13.8. The van der Waals surface area contributed by atoms with Crippen molar-refractivity contribution in [3.8, 4) is 11.4 Å². The number of carboxylic acids is 1. The largest absolute Gasteiger partial charge is 0.492 e. The van der Waals surface area contributed by atoms with Gasteiger partial charge in [-0.15, -0.1) is 10.2 Å². The fourth-order valence-corrected chi connectivity index (χ4v) is 4.16. The van der Waals surface area contributed by atoms with Crippen molar-refractivity contribution < 1.29 is 32.5 Å². The number of halogens is 5. The van der Waals surface area contributed by atoms with E-state index in [9.17, 15) is 23.1 Å². The highest BCUT2D eigenvalue weighted by atomic mass is 35.5. The number of fused-ring (bicyclic) bond motifs is 3. The SMILES string of the molecule is CCOc1cccc([C@H]2O[C@H](CC(=O)O)c3nnc(C(F)(F)F)n3-c3ccc(Cl)cc32)c1Cl. The lowest BCUT2D eigenvalue weighted by Gasteiger charge is -2.23. The topological polar surface area (TPSA) is 86.5 Å². The summed E-state index contributed by atoms with van der Waals surface area (Å²) in [4.78, 5) is 11.5. The fourth-order valence-electron chi connectivity index (χ4n) is 3.70. The van der Waals surface area contributed by atoms with Crippen molar-refractivity contribution in [3.05, 3.63) is 69.2 Å². The molecule has 0 saturated heterocycles. The van der Waals surface area contributed by atoms with Crippen molar-refractivity contribution in [1.29, 1.82) is 0 Å². The first-order chi connectivity index (χ1) is 15.6. The average Bonchev–Trinajstić information content (AvgIpc) is 3.14. The Morgan fingerprint density at radius 2 is 1.97 bits per heavy atom. The molecule has 2 aromatic carbocycles. The number of alkyl halides is 3. The lowest BCUT2D eigenvalue weighted by atomic mass is 9.99. The van der Waals surface area contributed by atoms with Crippen molar-refractivity contribution in [2.24, 2.45) is 0 Å². The molecule has 0 fully saturated rings. The Balaban J connectivity index is 2.00. The lowest BCUT2D eigenvalue weighted by molar-refractivity contribution is -0.146. The molecule has 0 aliphatic carbocycles. The second-order valence-electron chi connectivity index (χ2n) is 7.11. The van der Waals surface area contributed by atoms with Gasteiger partial charge < -0.3 is 14.6 Å². The van der Waals surface area contributed by atoms with E-state index in [-0.39, 0.29) is 27.1 Å². The number of rotatable bonds is 5. The highest BCUT2D eigenvalue weighted by Crippen LogP contribution is 2.46. The molecule has 2 atom stereocenters. The Morgan fingerprint density at radius 1 is 1.21 bits per heavy atom. The molecule has 7 nitrogen and oxygen atoms in total. The number of nitrogens with zero attached hydrogens (tertiary/aromatic N) is 3. The van der Waals surface area contributed by atoms with Crippen LogP contribution in [0.3, 0.4) is 0 Å². The smallest absolute Gasteiger partial charge is 0.452 e. The van der Waals surface area contributed by atoms with Crippen LogP contribution in [-0.2, 0) is 15.7 Å². The Bertz CT molecular complexity index is 1220. The first-order valence-electron chi connectivity index (χ1n) is 9.72. The standard InChI is InChI=1S/C21H16Cl2F3N3O4/c1-2-32-14-5-3-4-11(17(14)23)18-12-8-10(22)6-7-13(12)29-19(15(33-18)9-16(30)31)27-28-20(29)21(24,25)26/h3-8,15,18H,2,9H2,1H3,(H,30,31)/t15-,18-/m1/s1. The Kier molecular flexibility index (Phi) is 6.26. The molecule has 0 radical (unpaired) electrons. The third kappa shape index (κ3) is 4.38. The summed E-state index contributed by atoms with van der Waals surface area (Å²) in [6.45, 7) is 2.10. The number of benzene rings is 2. The van der Waals surface area contributed by atoms with Crippen LogP contribution < -0.4 is 4.74 Å². The molecule has 12 heteroatoms. The molecule has 1 aromatic heterocycles. The van der Waals surface area contributed by atoms with Gasteiger partial charge >= 0.3 is 12.1 Å². The van der Waals surface area contributed by atoms with Crippen molar-refractivity contribution in [1.82, 2.24) is 14.8 Å². The molecular formula is C21H16Cl2F3N3O4. The molecule has 0 amide bonds. The Labute approximate surface area is 195 Å². The number of hydrogen-bond donors (Lipinski definition) is 1. The maximum absolute atomic E-state index is 13.8. The van der Waals surface area contributed by atoms with Gasteiger partial charge in [0.05, 0.1) is 23.7 Å². The van der Waals surface area contributed by atoms with Crippen molar-refractivity contribution >= 4 is 29.2 Å². The van der Waals surface area contributed by atoms with Crippen molar-refractivity contribution in [3.63, 3.8) is 0 Å². The number of hydrogen-bond acceptors (Lipinski definition) is 5. The van der Waals surface area contributed by atoms with Crippen molar-refractivity contribution in [2.75, 3.05) is 6.61 Å². The molecule has 0 saturated carbocycles. The number of carbonyl (C=O) groups is 1. The minimum absolute atomic E-state index is 0.0440. The van der Waals surface area contributed by atoms with Gasteiger partial charge in [0.25, 0.3) is 0 Å². The zero-order chi connectivity index (χ0) is 23.9. The van der Waals surface area contributed by atoms with Crippen molar-refractivity contribution in [2.45, 2.75) is 31.7 Å². The fraction of sp³-hybridized carbons (Fsp3) is 0.286. The third-order valence-corrected chi connectivity index (χ3v) is 5.62. The summed E-state index contributed by atoms with van der Waals surface area (Å²) in [5.74, 6) is -2.55. The van der Waals surface area contributed by atoms with Crippen LogP contribution in [0.25, 0.3) is 5.69 Å². The van der Waals surface area contributed by atoms with E-state index in [0.717, 1.165) is 4.57 Å². The van der Waals surface area contributed by atoms with Gasteiger partial charge in [-0.25, -0.2) is 0 Å². The molecule has 0 spiro atoms. The van der Waals surface area contributed by atoms with Gasteiger partial charge in [0.1, 0.15) is 18.0 Å². The van der Waals surface area contributed by atoms with Gasteiger partial charge in [-0.05, 0) is 31.2 Å². The van der Waals surface area contributed by atoms with Gasteiger partial charge in [-0.3, -0.25) is 9.36 Å². The normalized spacial score (nSPS) is 17.8. The first-order valence-corrected chi connectivity index (χ1v) is 10.5. The van der Waals surface area contributed by atoms with Gasteiger partial charge in [0.2, 0.25) is 5.82 Å². The van der Waals surface area contributed by atoms with Crippen LogP contribution in [0, 0.1) is 0 Å². The summed E-state index contributed by atoms with van der Waals surface area (Å²) in [6, 6.07) is 9.14. The van der Waals surface area contributed by atoms with Crippen LogP contribution in [0.2, 0.25) is 10.0 Å². The molecule has 1 aliphatic heterocycles. The van der Waals surface area contributed by atoms with Gasteiger partial charge in [-0.2, -0.15) is 13.2 Å². The second-order valence-corrected chi connectivity index (χ2v) is 7.93. The molecule has 174 valence electrons. The van der Waals surface area contributed by atoms with Crippen LogP contribution in [-0.4, -0.2) is 32.4 Å². The van der Waals surface area contributed by atoms with Crippen LogP contribution in [0.15, 0.2) is 36.4 Å². The van der Waals surface area contributed by atoms with E-state index in [2.05, 4.69) is 10.2 Å². The van der Waals surface area contributed by atoms with Crippen LogP contribution in [0.4, 0.5) is 13.2 Å². The maximum Gasteiger partial charge on any atom is 0.452 e. The van der Waals surface area contributed by atoms with E-state index in [4.69, 9.17) is 32.7 Å². The van der Waals surface area contributed by atoms with Gasteiger partial charge in [0, 0.05) is 16.1 Å². The molecule has 3 aromatic rings. The summed E-state index contributed by atoms with van der Waals surface area (Å²) < 4.78 is 53.7. The summed E-state index contributed by atoms with van der Waals surface area (Å²) in [7, 11) is 0. The highest BCUT2D eigenvalue weighted by Gasteiger charge is 2.43. The molecule has 1 aliphatic rings. The highest BCUT2D eigenvalue weighted by molar-refractivity contribution is 6.33. The number of aromatic nitrogens is 3. The summed E-state index contributed by atoms with van der Waals surface area (Å²) >= 11 is 12.7. The number of ether oxygens (including phenoxy) is 2. The van der Waals surface area contributed by atoms with Gasteiger partial charge in [0.15, 0.2) is 5.82 Å². The molecule has 1 N–H and O–H groups in total. The van der Waals surface area contributed by atoms with Crippen LogP contribution in [0.1, 0.15) is 48.3 Å². The molecule has 2 heterocycles. The Hall–Kier alpha value is -2.82. The second kappa shape index (κ2) is 8.85. The number of carboxylic acid groups (broad SMARTS) is 1. The van der Waals surface area contributed by atoms with E-state index in [1.807, 2.05) is 0 Å². The number of aliphatic carboxylic acids is 1. The first kappa shape index (κ1) is 23.3. The predicted molar refractivity (Wildman–Crippen MR) is 112 cm³/mol. The molecule has 0 bridgehead atoms. The van der Waals surface area contributed by atoms with Crippen LogP contribution >= 0.6 is 23.2 Å². The monoisotopic (exact) mass is 501 g/mol. The molecule has 0 unspecified atom stereocenters. The predicted octanol–water partition coefficient (Wildman–Crippen LogP) is 5.63. The zero-order valence-corrected chi connectivity index (χ0v) is 18.4. The van der Waals surface area contributed by atoms with E-state index >= 15 is 0 Å². The summed E-state index contributed by atoms with van der Waals surface area (Å²) in [6.07, 6.45) is -7.95. The molecular weight excluding hydrogens is 486 g/mol. The molecule has 33 heavy (non-hydrogen) atoms. The minimum atomic E-state index is -4.86. The van der Waals surface area contributed by atoms with E-state index in [1.54, 1.807) is 25.1 Å². The van der Waals surface area contributed by atoms with Gasteiger partial charge in [-0.1, -0.05) is 35.3 Å². The quantitative estimate of drug-likeness (QED) is 0.487. The Morgan fingerprint density at radius 3 is 2.64 bits per heavy atom. The van der Waals surface area contributed by atoms with E-state index < -0.39 is 36.6 Å². The zero-order valence-electron chi connectivity index (χ0n) is 16.9. The van der Waals surface area contributed by atoms with E-state index in [0.29, 0.717) is 17.9 Å². The average molecular weight is 502 g/mol. The van der Waals surface area contributed by atoms with E-state index in [1.165, 1.54) is 18.2 Å². The summed E-state index contributed by atoms with van der Waals surface area (Å²) in [5.41, 5.74) is 0.647. The summed E-state index contributed by atoms with van der Waals surface area (Å²) in [5, 5.41) is 16.8.